The van der Waals surface area contributed by atoms with E-state index < -0.39 is 0 Å². The predicted molar refractivity (Wildman–Crippen MR) is 90.6 cm³/mol. The van der Waals surface area contributed by atoms with Crippen molar-refractivity contribution in [1.29, 1.82) is 0 Å². The Kier molecular flexibility index (Phi) is 5.59. The van der Waals surface area contributed by atoms with Crippen LogP contribution >= 0.6 is 22.6 Å². The molecule has 104 valence electrons. The minimum absolute atomic E-state index is 0.112. The summed E-state index contributed by atoms with van der Waals surface area (Å²) < 4.78 is 1.00. The van der Waals surface area contributed by atoms with Gasteiger partial charge in [-0.1, -0.05) is 49.4 Å². The molecule has 2 nitrogen and oxygen atoms in total. The Labute approximate surface area is 133 Å². The van der Waals surface area contributed by atoms with E-state index in [9.17, 15) is 4.79 Å². The SMILES string of the molecule is CCCN(Cc1ccccc1)C(=O)c1ccccc1I. The molecule has 0 aliphatic rings. The fourth-order valence-electron chi connectivity index (χ4n) is 2.13. The molecule has 0 aromatic heterocycles. The summed E-state index contributed by atoms with van der Waals surface area (Å²) in [7, 11) is 0. The molecule has 0 N–H and O–H groups in total. The van der Waals surface area contributed by atoms with E-state index in [1.807, 2.05) is 47.4 Å². The van der Waals surface area contributed by atoms with Gasteiger partial charge in [-0.2, -0.15) is 0 Å². The largest absolute Gasteiger partial charge is 0.334 e. The van der Waals surface area contributed by atoms with Gasteiger partial charge in [-0.15, -0.1) is 0 Å². The molecule has 0 atom stereocenters. The zero-order chi connectivity index (χ0) is 14.4. The molecule has 2 aromatic carbocycles. The maximum absolute atomic E-state index is 12.7. The van der Waals surface area contributed by atoms with Gasteiger partial charge in [0.2, 0.25) is 0 Å². The third-order valence-corrected chi connectivity index (χ3v) is 4.04. The van der Waals surface area contributed by atoms with Crippen molar-refractivity contribution in [3.05, 3.63) is 69.3 Å². The smallest absolute Gasteiger partial charge is 0.255 e. The fourth-order valence-corrected chi connectivity index (χ4v) is 2.75. The average molecular weight is 379 g/mol. The number of carbonyl (C=O) groups is 1. The first-order chi connectivity index (χ1) is 9.72. The van der Waals surface area contributed by atoms with Crippen molar-refractivity contribution in [2.45, 2.75) is 19.9 Å². The summed E-state index contributed by atoms with van der Waals surface area (Å²) in [5, 5.41) is 0. The molecule has 0 radical (unpaired) electrons. The van der Waals surface area contributed by atoms with Crippen LogP contribution in [0.5, 0.6) is 0 Å². The van der Waals surface area contributed by atoms with Gasteiger partial charge in [0.05, 0.1) is 5.56 Å². The van der Waals surface area contributed by atoms with Crippen molar-refractivity contribution in [1.82, 2.24) is 4.90 Å². The Hall–Kier alpha value is -1.36. The number of benzene rings is 2. The van der Waals surface area contributed by atoms with Gasteiger partial charge in [0.15, 0.2) is 0 Å². The average Bonchev–Trinajstić information content (AvgIpc) is 2.48. The normalized spacial score (nSPS) is 10.3. The zero-order valence-electron chi connectivity index (χ0n) is 11.6. The topological polar surface area (TPSA) is 20.3 Å². The summed E-state index contributed by atoms with van der Waals surface area (Å²) in [6.07, 6.45) is 0.960. The molecule has 0 saturated carbocycles. The van der Waals surface area contributed by atoms with Gasteiger partial charge in [0, 0.05) is 16.7 Å². The first-order valence-corrected chi connectivity index (χ1v) is 7.88. The molecular weight excluding hydrogens is 361 g/mol. The first kappa shape index (κ1) is 15.0. The van der Waals surface area contributed by atoms with Gasteiger partial charge in [-0.3, -0.25) is 4.79 Å². The van der Waals surface area contributed by atoms with Crippen LogP contribution in [0.2, 0.25) is 0 Å². The van der Waals surface area contributed by atoms with Gasteiger partial charge < -0.3 is 4.90 Å². The summed E-state index contributed by atoms with van der Waals surface area (Å²) in [6, 6.07) is 17.9. The van der Waals surface area contributed by atoms with E-state index >= 15 is 0 Å². The zero-order valence-corrected chi connectivity index (χ0v) is 13.7. The Morgan fingerprint density at radius 2 is 1.70 bits per heavy atom. The third kappa shape index (κ3) is 3.82. The van der Waals surface area contributed by atoms with E-state index in [2.05, 4.69) is 41.6 Å². The molecule has 2 rings (SSSR count). The van der Waals surface area contributed by atoms with Crippen molar-refractivity contribution in [3.8, 4) is 0 Å². The molecule has 0 spiro atoms. The lowest BCUT2D eigenvalue weighted by molar-refractivity contribution is 0.0742. The van der Waals surface area contributed by atoms with Crippen LogP contribution in [0.1, 0.15) is 29.3 Å². The quantitative estimate of drug-likeness (QED) is 0.708. The highest BCUT2D eigenvalue weighted by Crippen LogP contribution is 2.16. The van der Waals surface area contributed by atoms with Crippen LogP contribution in [0.3, 0.4) is 0 Å². The minimum Gasteiger partial charge on any atom is -0.334 e. The van der Waals surface area contributed by atoms with Crippen LogP contribution in [0, 0.1) is 3.57 Å². The van der Waals surface area contributed by atoms with Gasteiger partial charge in [0.25, 0.3) is 5.91 Å². The second-order valence-electron chi connectivity index (χ2n) is 4.69. The number of halogens is 1. The number of amides is 1. The van der Waals surface area contributed by atoms with Crippen LogP contribution in [0.25, 0.3) is 0 Å². The van der Waals surface area contributed by atoms with Crippen LogP contribution in [0.4, 0.5) is 0 Å². The molecule has 20 heavy (non-hydrogen) atoms. The lowest BCUT2D eigenvalue weighted by atomic mass is 10.1. The van der Waals surface area contributed by atoms with Crippen molar-refractivity contribution in [2.24, 2.45) is 0 Å². The molecule has 3 heteroatoms. The number of nitrogens with zero attached hydrogens (tertiary/aromatic N) is 1. The predicted octanol–water partition coefficient (Wildman–Crippen LogP) is 4.34. The molecule has 0 saturated heterocycles. The molecular formula is C17H18INO. The van der Waals surface area contributed by atoms with Crippen LogP contribution in [-0.2, 0) is 6.54 Å². The molecule has 1 amide bonds. The second kappa shape index (κ2) is 7.43. The Morgan fingerprint density at radius 1 is 1.05 bits per heavy atom. The van der Waals surface area contributed by atoms with E-state index in [1.165, 1.54) is 5.56 Å². The van der Waals surface area contributed by atoms with E-state index in [0.717, 1.165) is 22.1 Å². The number of hydrogen-bond acceptors (Lipinski definition) is 1. The van der Waals surface area contributed by atoms with Gasteiger partial charge in [-0.25, -0.2) is 0 Å². The molecule has 0 heterocycles. The van der Waals surface area contributed by atoms with Crippen LogP contribution < -0.4 is 0 Å². The molecule has 0 unspecified atom stereocenters. The van der Waals surface area contributed by atoms with E-state index in [-0.39, 0.29) is 5.91 Å². The molecule has 0 fully saturated rings. The summed E-state index contributed by atoms with van der Waals surface area (Å²) in [4.78, 5) is 14.6. The molecule has 0 aliphatic carbocycles. The Morgan fingerprint density at radius 3 is 2.35 bits per heavy atom. The highest BCUT2D eigenvalue weighted by Gasteiger charge is 2.17. The van der Waals surface area contributed by atoms with Crippen LogP contribution in [0.15, 0.2) is 54.6 Å². The standard InChI is InChI=1S/C17H18INO/c1-2-12-19(13-14-8-4-3-5-9-14)17(20)15-10-6-7-11-16(15)18/h3-11H,2,12-13H2,1H3. The van der Waals surface area contributed by atoms with E-state index in [0.29, 0.717) is 6.54 Å². The van der Waals surface area contributed by atoms with Gasteiger partial charge in [-0.05, 0) is 46.7 Å². The van der Waals surface area contributed by atoms with Crippen molar-refractivity contribution < 1.29 is 4.79 Å². The van der Waals surface area contributed by atoms with Crippen LogP contribution in [-0.4, -0.2) is 17.4 Å². The first-order valence-electron chi connectivity index (χ1n) is 6.80. The lowest BCUT2D eigenvalue weighted by Gasteiger charge is -2.23. The van der Waals surface area contributed by atoms with Gasteiger partial charge >= 0.3 is 0 Å². The lowest BCUT2D eigenvalue weighted by Crippen LogP contribution is -2.31. The Bertz CT molecular complexity index is 568. The molecule has 2 aromatic rings. The van der Waals surface area contributed by atoms with E-state index in [4.69, 9.17) is 0 Å². The summed E-state index contributed by atoms with van der Waals surface area (Å²) in [5.41, 5.74) is 1.96. The number of carbonyl (C=O) groups excluding carboxylic acids is 1. The van der Waals surface area contributed by atoms with E-state index in [1.54, 1.807) is 0 Å². The second-order valence-corrected chi connectivity index (χ2v) is 5.85. The summed E-state index contributed by atoms with van der Waals surface area (Å²) in [5.74, 6) is 0.112. The summed E-state index contributed by atoms with van der Waals surface area (Å²) >= 11 is 2.22. The fraction of sp³-hybridized carbons (Fsp3) is 0.235. The minimum atomic E-state index is 0.112. The monoisotopic (exact) mass is 379 g/mol. The van der Waals surface area contributed by atoms with Crippen molar-refractivity contribution in [3.63, 3.8) is 0 Å². The number of hydrogen-bond donors (Lipinski definition) is 0. The number of rotatable bonds is 5. The highest BCUT2D eigenvalue weighted by molar-refractivity contribution is 14.1. The third-order valence-electron chi connectivity index (χ3n) is 3.10. The van der Waals surface area contributed by atoms with Crippen molar-refractivity contribution >= 4 is 28.5 Å². The maximum atomic E-state index is 12.7. The highest BCUT2D eigenvalue weighted by atomic mass is 127. The van der Waals surface area contributed by atoms with Crippen molar-refractivity contribution in [2.75, 3.05) is 6.54 Å². The molecule has 0 bridgehead atoms. The maximum Gasteiger partial charge on any atom is 0.255 e. The molecule has 0 aliphatic heterocycles. The summed E-state index contributed by atoms with van der Waals surface area (Å²) in [6.45, 7) is 3.54. The Balaban J connectivity index is 2.20. The van der Waals surface area contributed by atoms with Gasteiger partial charge in [0.1, 0.15) is 0 Å².